The summed E-state index contributed by atoms with van der Waals surface area (Å²) in [6, 6.07) is 1.74. The normalized spacial score (nSPS) is 17.2. The summed E-state index contributed by atoms with van der Waals surface area (Å²) in [5.41, 5.74) is 0. The Kier molecular flexibility index (Phi) is 4.57. The van der Waals surface area contributed by atoms with Crippen molar-refractivity contribution in [2.45, 2.75) is 37.8 Å². The Bertz CT molecular complexity index is 442. The van der Waals surface area contributed by atoms with Gasteiger partial charge in [-0.2, -0.15) is 13.2 Å². The summed E-state index contributed by atoms with van der Waals surface area (Å²) < 4.78 is 36.2. The van der Waals surface area contributed by atoms with Crippen molar-refractivity contribution in [3.05, 3.63) is 24.3 Å². The second-order valence-electron chi connectivity index (χ2n) is 4.88. The van der Waals surface area contributed by atoms with Crippen molar-refractivity contribution < 1.29 is 18.0 Å². The first-order chi connectivity index (χ1) is 9.46. The van der Waals surface area contributed by atoms with Gasteiger partial charge in [0.25, 0.3) is 0 Å². The molecule has 0 radical (unpaired) electrons. The summed E-state index contributed by atoms with van der Waals surface area (Å²) in [6.07, 6.45) is -1.05. The maximum absolute atomic E-state index is 12.1. The molecule has 1 aliphatic rings. The molecule has 0 N–H and O–H groups in total. The van der Waals surface area contributed by atoms with Crippen molar-refractivity contribution in [1.29, 1.82) is 0 Å². The second kappa shape index (κ2) is 6.19. The van der Waals surface area contributed by atoms with Gasteiger partial charge >= 0.3 is 6.18 Å². The number of aromatic nitrogens is 2. The minimum Gasteiger partial charge on any atom is -0.343 e. The quantitative estimate of drug-likeness (QED) is 0.858. The standard InChI is InChI=1S/C13H16F3N3O/c14-13(15,16)5-2-11(20)19-8-3-10(4-9-19)12-17-6-1-7-18-12/h1,6-7,10H,2-5,8-9H2. The van der Waals surface area contributed by atoms with Crippen LogP contribution in [0.15, 0.2) is 18.5 Å². The Morgan fingerprint density at radius 3 is 2.40 bits per heavy atom. The number of amides is 1. The Morgan fingerprint density at radius 1 is 1.25 bits per heavy atom. The van der Waals surface area contributed by atoms with E-state index in [9.17, 15) is 18.0 Å². The highest BCUT2D eigenvalue weighted by atomic mass is 19.4. The smallest absolute Gasteiger partial charge is 0.343 e. The monoisotopic (exact) mass is 287 g/mol. The van der Waals surface area contributed by atoms with Gasteiger partial charge in [0.15, 0.2) is 0 Å². The molecule has 1 aliphatic heterocycles. The zero-order valence-electron chi connectivity index (χ0n) is 10.9. The maximum atomic E-state index is 12.1. The van der Waals surface area contributed by atoms with Crippen LogP contribution in [-0.4, -0.2) is 40.0 Å². The number of rotatable bonds is 3. The number of hydrogen-bond donors (Lipinski definition) is 0. The fourth-order valence-corrected chi connectivity index (χ4v) is 2.32. The third-order valence-corrected chi connectivity index (χ3v) is 3.42. The van der Waals surface area contributed by atoms with Crippen molar-refractivity contribution in [1.82, 2.24) is 14.9 Å². The van der Waals surface area contributed by atoms with Gasteiger partial charge in [-0.15, -0.1) is 0 Å². The number of hydrogen-bond acceptors (Lipinski definition) is 3. The maximum Gasteiger partial charge on any atom is 0.389 e. The van der Waals surface area contributed by atoms with E-state index in [1.165, 1.54) is 4.90 Å². The highest BCUT2D eigenvalue weighted by molar-refractivity contribution is 5.76. The molecule has 0 aromatic carbocycles. The molecule has 0 unspecified atom stereocenters. The van der Waals surface area contributed by atoms with E-state index >= 15 is 0 Å². The number of alkyl halides is 3. The van der Waals surface area contributed by atoms with Gasteiger partial charge in [0.05, 0.1) is 6.42 Å². The Morgan fingerprint density at radius 2 is 1.85 bits per heavy atom. The molecule has 2 rings (SSSR count). The van der Waals surface area contributed by atoms with Crippen molar-refractivity contribution in [3.63, 3.8) is 0 Å². The lowest BCUT2D eigenvalue weighted by molar-refractivity contribution is -0.149. The van der Waals surface area contributed by atoms with E-state index < -0.39 is 24.9 Å². The molecule has 1 aromatic heterocycles. The van der Waals surface area contributed by atoms with Crippen molar-refractivity contribution in [3.8, 4) is 0 Å². The van der Waals surface area contributed by atoms with E-state index in [0.29, 0.717) is 25.9 Å². The summed E-state index contributed by atoms with van der Waals surface area (Å²) in [5, 5.41) is 0. The van der Waals surface area contributed by atoms with Gasteiger partial charge in [-0.3, -0.25) is 4.79 Å². The van der Waals surface area contributed by atoms with Gasteiger partial charge in [0.2, 0.25) is 5.91 Å². The molecule has 1 saturated heterocycles. The zero-order chi connectivity index (χ0) is 14.6. The Hall–Kier alpha value is -1.66. The topological polar surface area (TPSA) is 46.1 Å². The number of piperidine rings is 1. The van der Waals surface area contributed by atoms with Gasteiger partial charge in [-0.05, 0) is 18.9 Å². The molecule has 0 saturated carbocycles. The van der Waals surface area contributed by atoms with Gasteiger partial charge in [-0.25, -0.2) is 9.97 Å². The molecule has 0 spiro atoms. The first-order valence-electron chi connectivity index (χ1n) is 6.57. The molecule has 0 atom stereocenters. The van der Waals surface area contributed by atoms with Gasteiger partial charge in [-0.1, -0.05) is 0 Å². The summed E-state index contributed by atoms with van der Waals surface area (Å²) >= 11 is 0. The second-order valence-corrected chi connectivity index (χ2v) is 4.88. The number of carbonyl (C=O) groups is 1. The fraction of sp³-hybridized carbons (Fsp3) is 0.615. The van der Waals surface area contributed by atoms with Crippen LogP contribution in [0.2, 0.25) is 0 Å². The average Bonchev–Trinajstić information content (AvgIpc) is 2.45. The van der Waals surface area contributed by atoms with Crippen LogP contribution < -0.4 is 0 Å². The Balaban J connectivity index is 1.81. The highest BCUT2D eigenvalue weighted by Gasteiger charge is 2.30. The van der Waals surface area contributed by atoms with Crippen LogP contribution >= 0.6 is 0 Å². The summed E-state index contributed by atoms with van der Waals surface area (Å²) in [5.74, 6) is 0.507. The lowest BCUT2D eigenvalue weighted by Crippen LogP contribution is -2.38. The van der Waals surface area contributed by atoms with Gasteiger partial charge in [0.1, 0.15) is 5.82 Å². The molecule has 2 heterocycles. The predicted molar refractivity (Wildman–Crippen MR) is 65.9 cm³/mol. The third kappa shape index (κ3) is 4.18. The van der Waals surface area contributed by atoms with Crippen LogP contribution in [0.4, 0.5) is 13.2 Å². The highest BCUT2D eigenvalue weighted by Crippen LogP contribution is 2.27. The van der Waals surface area contributed by atoms with E-state index in [4.69, 9.17) is 0 Å². The minimum absolute atomic E-state index is 0.183. The van der Waals surface area contributed by atoms with Crippen LogP contribution in [0.1, 0.15) is 37.4 Å². The number of likely N-dealkylation sites (tertiary alicyclic amines) is 1. The molecule has 7 heteroatoms. The molecule has 0 aliphatic carbocycles. The lowest BCUT2D eigenvalue weighted by Gasteiger charge is -2.31. The summed E-state index contributed by atoms with van der Waals surface area (Å²) in [6.45, 7) is 0.944. The number of carbonyl (C=O) groups excluding carboxylic acids is 1. The summed E-state index contributed by atoms with van der Waals surface area (Å²) in [4.78, 5) is 21.5. The molecule has 0 bridgehead atoms. The molecule has 4 nitrogen and oxygen atoms in total. The minimum atomic E-state index is -4.27. The third-order valence-electron chi connectivity index (χ3n) is 3.42. The van der Waals surface area contributed by atoms with Crippen molar-refractivity contribution >= 4 is 5.91 Å². The van der Waals surface area contributed by atoms with Crippen molar-refractivity contribution in [2.24, 2.45) is 0 Å². The zero-order valence-corrected chi connectivity index (χ0v) is 10.9. The van der Waals surface area contributed by atoms with Crippen LogP contribution in [0.5, 0.6) is 0 Å². The molecular formula is C13H16F3N3O. The van der Waals surface area contributed by atoms with E-state index in [1.807, 2.05) is 0 Å². The van der Waals surface area contributed by atoms with Crippen LogP contribution in [0, 0.1) is 0 Å². The van der Waals surface area contributed by atoms with E-state index in [-0.39, 0.29) is 5.92 Å². The Labute approximate surface area is 115 Å². The molecule has 110 valence electrons. The average molecular weight is 287 g/mol. The largest absolute Gasteiger partial charge is 0.389 e. The molecule has 20 heavy (non-hydrogen) atoms. The number of nitrogens with zero attached hydrogens (tertiary/aromatic N) is 3. The van der Waals surface area contributed by atoms with Gasteiger partial charge in [0, 0.05) is 37.8 Å². The van der Waals surface area contributed by atoms with Crippen molar-refractivity contribution in [2.75, 3.05) is 13.1 Å². The van der Waals surface area contributed by atoms with Crippen LogP contribution in [-0.2, 0) is 4.79 Å². The predicted octanol–water partition coefficient (Wildman–Crippen LogP) is 2.53. The first kappa shape index (κ1) is 14.7. The van der Waals surface area contributed by atoms with E-state index in [2.05, 4.69) is 9.97 Å². The number of halogens is 3. The van der Waals surface area contributed by atoms with E-state index in [1.54, 1.807) is 18.5 Å². The first-order valence-corrected chi connectivity index (χ1v) is 6.57. The molecule has 1 amide bonds. The van der Waals surface area contributed by atoms with Crippen LogP contribution in [0.3, 0.4) is 0 Å². The molecular weight excluding hydrogens is 271 g/mol. The lowest BCUT2D eigenvalue weighted by atomic mass is 9.95. The fourth-order valence-electron chi connectivity index (χ4n) is 2.32. The van der Waals surface area contributed by atoms with Gasteiger partial charge < -0.3 is 4.90 Å². The van der Waals surface area contributed by atoms with Crippen LogP contribution in [0.25, 0.3) is 0 Å². The molecule has 1 aromatic rings. The summed E-state index contributed by atoms with van der Waals surface area (Å²) in [7, 11) is 0. The SMILES string of the molecule is O=C(CCC(F)(F)F)N1CCC(c2ncccn2)CC1. The molecule has 1 fully saturated rings. The van der Waals surface area contributed by atoms with E-state index in [0.717, 1.165) is 5.82 Å².